The van der Waals surface area contributed by atoms with E-state index in [9.17, 15) is 14.0 Å². The molecule has 2 heterocycles. The Morgan fingerprint density at radius 3 is 2.44 bits per heavy atom. The summed E-state index contributed by atoms with van der Waals surface area (Å²) < 4.78 is 25.4. The summed E-state index contributed by atoms with van der Waals surface area (Å²) in [6.45, 7) is 4.07. The third-order valence-corrected chi connectivity index (χ3v) is 6.63. The van der Waals surface area contributed by atoms with E-state index in [0.717, 1.165) is 17.9 Å². The first-order chi connectivity index (χ1) is 18.8. The minimum Gasteiger partial charge on any atom is -0.486 e. The van der Waals surface area contributed by atoms with Gasteiger partial charge in [0.15, 0.2) is 11.5 Å². The average molecular weight is 531 g/mol. The van der Waals surface area contributed by atoms with Crippen LogP contribution in [-0.2, 0) is 9.59 Å². The minimum atomic E-state index is -0.430. The highest BCUT2D eigenvalue weighted by Gasteiger charge is 2.29. The molecule has 0 fully saturated rings. The number of hydrogen-bond donors (Lipinski definition) is 2. The Morgan fingerprint density at radius 2 is 1.72 bits per heavy atom. The molecule has 0 bridgehead atoms. The Kier molecular flexibility index (Phi) is 7.51. The number of nitrogens with one attached hydrogen (secondary N) is 2. The highest BCUT2D eigenvalue weighted by molar-refractivity contribution is 6.37. The van der Waals surface area contributed by atoms with Gasteiger partial charge in [-0.1, -0.05) is 6.92 Å². The zero-order valence-corrected chi connectivity index (χ0v) is 22.2. The second-order valence-electron chi connectivity index (χ2n) is 9.63. The van der Waals surface area contributed by atoms with Crippen molar-refractivity contribution in [1.29, 1.82) is 0 Å². The van der Waals surface area contributed by atoms with Crippen LogP contribution >= 0.6 is 0 Å². The van der Waals surface area contributed by atoms with Gasteiger partial charge in [-0.05, 0) is 74.8 Å². The van der Waals surface area contributed by atoms with Crippen LogP contribution in [0.2, 0.25) is 0 Å². The molecule has 2 aliphatic heterocycles. The van der Waals surface area contributed by atoms with Crippen molar-refractivity contribution in [2.75, 3.05) is 55.9 Å². The fourth-order valence-corrected chi connectivity index (χ4v) is 4.63. The number of carbonyl (C=O) groups excluding carboxylic acids is 2. The van der Waals surface area contributed by atoms with Crippen molar-refractivity contribution >= 4 is 40.1 Å². The van der Waals surface area contributed by atoms with Crippen LogP contribution in [0.4, 0.5) is 21.5 Å². The molecule has 5 rings (SSSR count). The van der Waals surface area contributed by atoms with Gasteiger partial charge < -0.3 is 29.9 Å². The standard InChI is InChI=1S/C30H31FN4O4/c1-4-27(36)35(14-13-34(2)3)22-9-7-21(8-10-22)32-29(19-5-12-25-26(17-19)39-16-15-38-25)28-23-11-6-20(31)18-24(23)33-30(28)37/h5-12,17-18,32H,4,13-16H2,1-3H3,(H,33,37). The first kappa shape index (κ1) is 26.2. The zero-order valence-electron chi connectivity index (χ0n) is 22.2. The van der Waals surface area contributed by atoms with E-state index in [1.54, 1.807) is 11.0 Å². The summed E-state index contributed by atoms with van der Waals surface area (Å²) in [7, 11) is 3.94. The van der Waals surface area contributed by atoms with Crippen LogP contribution in [0.25, 0.3) is 11.3 Å². The maximum Gasteiger partial charge on any atom is 0.258 e. The van der Waals surface area contributed by atoms with Gasteiger partial charge in [0.2, 0.25) is 5.91 Å². The minimum absolute atomic E-state index is 0.0445. The predicted molar refractivity (Wildman–Crippen MR) is 151 cm³/mol. The van der Waals surface area contributed by atoms with Crippen molar-refractivity contribution < 1.29 is 23.5 Å². The summed E-state index contributed by atoms with van der Waals surface area (Å²) in [5, 5.41) is 6.18. The molecule has 39 heavy (non-hydrogen) atoms. The second kappa shape index (κ2) is 11.2. The van der Waals surface area contributed by atoms with Crippen LogP contribution < -0.4 is 25.0 Å². The highest BCUT2D eigenvalue weighted by Crippen LogP contribution is 2.40. The maximum absolute atomic E-state index is 13.9. The molecule has 0 atom stereocenters. The zero-order chi connectivity index (χ0) is 27.5. The van der Waals surface area contributed by atoms with Gasteiger partial charge in [-0.2, -0.15) is 0 Å². The molecule has 2 N–H and O–H groups in total. The van der Waals surface area contributed by atoms with Crippen LogP contribution in [-0.4, -0.2) is 57.1 Å². The lowest BCUT2D eigenvalue weighted by Crippen LogP contribution is -2.36. The van der Waals surface area contributed by atoms with E-state index in [2.05, 4.69) is 10.6 Å². The number of anilines is 3. The van der Waals surface area contributed by atoms with Crippen LogP contribution in [0.15, 0.2) is 60.7 Å². The number of benzene rings is 3. The van der Waals surface area contributed by atoms with Crippen LogP contribution in [0.1, 0.15) is 24.5 Å². The number of carbonyl (C=O) groups is 2. The summed E-state index contributed by atoms with van der Waals surface area (Å²) in [6, 6.07) is 17.3. The van der Waals surface area contributed by atoms with Crippen LogP contribution in [0.5, 0.6) is 11.5 Å². The third kappa shape index (κ3) is 5.58. The van der Waals surface area contributed by atoms with Crippen molar-refractivity contribution in [3.8, 4) is 11.5 Å². The normalized spacial score (nSPS) is 15.1. The number of nitrogens with zero attached hydrogens (tertiary/aromatic N) is 2. The van der Waals surface area contributed by atoms with Crippen molar-refractivity contribution in [2.24, 2.45) is 0 Å². The number of hydrogen-bond acceptors (Lipinski definition) is 6. The summed E-state index contributed by atoms with van der Waals surface area (Å²) in [5.74, 6) is 0.494. The van der Waals surface area contributed by atoms with Gasteiger partial charge in [-0.15, -0.1) is 0 Å². The summed E-state index contributed by atoms with van der Waals surface area (Å²) >= 11 is 0. The maximum atomic E-state index is 13.9. The smallest absolute Gasteiger partial charge is 0.258 e. The molecule has 8 nitrogen and oxygen atoms in total. The van der Waals surface area contributed by atoms with Gasteiger partial charge >= 0.3 is 0 Å². The Morgan fingerprint density at radius 1 is 0.974 bits per heavy atom. The molecular weight excluding hydrogens is 499 g/mol. The van der Waals surface area contributed by atoms with Crippen molar-refractivity contribution in [3.63, 3.8) is 0 Å². The van der Waals surface area contributed by atoms with Crippen LogP contribution in [0, 0.1) is 5.82 Å². The SMILES string of the molecule is CCC(=O)N(CCN(C)C)c1ccc(NC(=C2C(=O)Nc3cc(F)ccc32)c2ccc3c(c2)OCCO3)cc1. The van der Waals surface area contributed by atoms with E-state index in [4.69, 9.17) is 9.47 Å². The van der Waals surface area contributed by atoms with E-state index in [1.807, 2.05) is 68.4 Å². The van der Waals surface area contributed by atoms with Gasteiger partial charge in [-0.3, -0.25) is 9.59 Å². The molecule has 9 heteroatoms. The molecular formula is C30H31FN4O4. The first-order valence-electron chi connectivity index (χ1n) is 12.9. The Balaban J connectivity index is 1.54. The Hall–Kier alpha value is -4.37. The first-order valence-corrected chi connectivity index (χ1v) is 12.9. The molecule has 2 aliphatic rings. The fraction of sp³-hybridized carbons (Fsp3) is 0.267. The van der Waals surface area contributed by atoms with Crippen molar-refractivity contribution in [2.45, 2.75) is 13.3 Å². The van der Waals surface area contributed by atoms with E-state index >= 15 is 0 Å². The number of ether oxygens (including phenoxy) is 2. The van der Waals surface area contributed by atoms with E-state index in [1.165, 1.54) is 12.1 Å². The van der Waals surface area contributed by atoms with Gasteiger partial charge in [0.25, 0.3) is 5.91 Å². The molecule has 2 amide bonds. The van der Waals surface area contributed by atoms with E-state index in [0.29, 0.717) is 65.8 Å². The van der Waals surface area contributed by atoms with Crippen molar-refractivity contribution in [3.05, 3.63) is 77.6 Å². The topological polar surface area (TPSA) is 83.1 Å². The molecule has 202 valence electrons. The van der Waals surface area contributed by atoms with Gasteiger partial charge in [0.1, 0.15) is 19.0 Å². The van der Waals surface area contributed by atoms with E-state index in [-0.39, 0.29) is 11.8 Å². The van der Waals surface area contributed by atoms with Crippen LogP contribution in [0.3, 0.4) is 0 Å². The lowest BCUT2D eigenvalue weighted by atomic mass is 9.99. The lowest BCUT2D eigenvalue weighted by Gasteiger charge is -2.25. The van der Waals surface area contributed by atoms with Gasteiger partial charge in [0.05, 0.1) is 17.0 Å². The van der Waals surface area contributed by atoms with Crippen molar-refractivity contribution in [1.82, 2.24) is 4.90 Å². The number of amides is 2. The monoisotopic (exact) mass is 530 g/mol. The van der Waals surface area contributed by atoms with Gasteiger partial charge in [0, 0.05) is 42.0 Å². The molecule has 0 saturated heterocycles. The molecule has 0 unspecified atom stereocenters. The Labute approximate surface area is 227 Å². The highest BCUT2D eigenvalue weighted by atomic mass is 19.1. The fourth-order valence-electron chi connectivity index (χ4n) is 4.63. The molecule has 0 radical (unpaired) electrons. The van der Waals surface area contributed by atoms with Gasteiger partial charge in [-0.25, -0.2) is 4.39 Å². The second-order valence-corrected chi connectivity index (χ2v) is 9.63. The summed E-state index contributed by atoms with van der Waals surface area (Å²) in [4.78, 5) is 29.6. The molecule has 3 aromatic carbocycles. The number of fused-ring (bicyclic) bond motifs is 2. The molecule has 0 aromatic heterocycles. The van der Waals surface area contributed by atoms with E-state index < -0.39 is 5.82 Å². The summed E-state index contributed by atoms with van der Waals surface area (Å²) in [6.07, 6.45) is 0.406. The molecule has 0 saturated carbocycles. The number of likely N-dealkylation sites (N-methyl/N-ethyl adjacent to an activating group) is 1. The summed E-state index contributed by atoms with van der Waals surface area (Å²) in [5.41, 5.74) is 4.16. The third-order valence-electron chi connectivity index (χ3n) is 6.63. The average Bonchev–Trinajstić information content (AvgIpc) is 3.26. The predicted octanol–water partition coefficient (Wildman–Crippen LogP) is 4.83. The Bertz CT molecular complexity index is 1440. The largest absolute Gasteiger partial charge is 0.486 e. The molecule has 0 aliphatic carbocycles. The number of rotatable bonds is 8. The molecule has 0 spiro atoms. The molecule has 3 aromatic rings. The quantitative estimate of drug-likeness (QED) is 0.406. The lowest BCUT2D eigenvalue weighted by molar-refractivity contribution is -0.118. The number of halogens is 1.